The highest BCUT2D eigenvalue weighted by atomic mass is 35.5. The van der Waals surface area contributed by atoms with Crippen molar-refractivity contribution in [3.63, 3.8) is 0 Å². The molecule has 4 nitrogen and oxygen atoms in total. The fourth-order valence-electron chi connectivity index (χ4n) is 3.80. The number of benzene rings is 2. The highest BCUT2D eigenvalue weighted by Crippen LogP contribution is 2.48. The van der Waals surface area contributed by atoms with Crippen LogP contribution in [0.3, 0.4) is 0 Å². The molecule has 4 rings (SSSR count). The third kappa shape index (κ3) is 4.12. The molecule has 2 amide bonds. The highest BCUT2D eigenvalue weighted by Gasteiger charge is 2.46. The van der Waals surface area contributed by atoms with Gasteiger partial charge in [0.05, 0.1) is 0 Å². The van der Waals surface area contributed by atoms with Crippen molar-refractivity contribution < 1.29 is 9.59 Å². The predicted molar refractivity (Wildman–Crippen MR) is 111 cm³/mol. The molecule has 1 heterocycles. The van der Waals surface area contributed by atoms with Gasteiger partial charge in [0.25, 0.3) is 0 Å². The van der Waals surface area contributed by atoms with Gasteiger partial charge in [0, 0.05) is 43.2 Å². The van der Waals surface area contributed by atoms with Crippen LogP contribution in [0.15, 0.2) is 60.7 Å². The van der Waals surface area contributed by atoms with Crippen LogP contribution in [0.25, 0.3) is 6.08 Å². The van der Waals surface area contributed by atoms with Crippen molar-refractivity contribution in [3.05, 3.63) is 76.8 Å². The Bertz CT molecular complexity index is 888. The molecule has 1 saturated carbocycles. The molecule has 0 spiro atoms. The molecule has 0 radical (unpaired) electrons. The second-order valence-electron chi connectivity index (χ2n) is 7.36. The lowest BCUT2D eigenvalue weighted by Crippen LogP contribution is -2.50. The molecule has 2 aliphatic rings. The van der Waals surface area contributed by atoms with Crippen molar-refractivity contribution in [1.29, 1.82) is 0 Å². The Labute approximate surface area is 170 Å². The van der Waals surface area contributed by atoms with E-state index < -0.39 is 0 Å². The van der Waals surface area contributed by atoms with Crippen LogP contribution in [0.5, 0.6) is 0 Å². The Morgan fingerprint density at radius 1 is 0.893 bits per heavy atom. The van der Waals surface area contributed by atoms with Gasteiger partial charge >= 0.3 is 0 Å². The van der Waals surface area contributed by atoms with Crippen LogP contribution in [0, 0.1) is 5.92 Å². The smallest absolute Gasteiger partial charge is 0.246 e. The third-order valence-corrected chi connectivity index (χ3v) is 5.89. The summed E-state index contributed by atoms with van der Waals surface area (Å²) in [5, 5.41) is 0.624. The molecular formula is C23H23ClN2O2. The summed E-state index contributed by atoms with van der Waals surface area (Å²) in [6, 6.07) is 17.7. The molecule has 0 unspecified atom stereocenters. The van der Waals surface area contributed by atoms with Crippen LogP contribution < -0.4 is 0 Å². The summed E-state index contributed by atoms with van der Waals surface area (Å²) in [6.45, 7) is 2.34. The molecule has 2 aromatic rings. The van der Waals surface area contributed by atoms with Crippen LogP contribution >= 0.6 is 11.6 Å². The molecule has 5 heteroatoms. The zero-order valence-corrected chi connectivity index (χ0v) is 16.4. The number of piperazine rings is 1. The minimum Gasteiger partial charge on any atom is -0.339 e. The van der Waals surface area contributed by atoms with Crippen LogP contribution in [-0.2, 0) is 9.59 Å². The Balaban J connectivity index is 1.28. The van der Waals surface area contributed by atoms with Gasteiger partial charge in [-0.15, -0.1) is 0 Å². The number of hydrogen-bond donors (Lipinski definition) is 0. The van der Waals surface area contributed by atoms with Crippen molar-refractivity contribution >= 4 is 29.5 Å². The van der Waals surface area contributed by atoms with E-state index in [4.69, 9.17) is 11.6 Å². The molecule has 0 N–H and O–H groups in total. The van der Waals surface area contributed by atoms with Crippen molar-refractivity contribution in [2.45, 2.75) is 12.3 Å². The second-order valence-corrected chi connectivity index (χ2v) is 7.77. The quantitative estimate of drug-likeness (QED) is 0.739. The standard InChI is InChI=1S/C23H23ClN2O2/c24-21-9-5-4-8-18(21)10-11-22(27)25-12-14-26(15-13-25)23(28)20-16-19(20)17-6-2-1-3-7-17/h1-11,19-20H,12-16H2/b11-10+/t19-,20-/m1/s1. The van der Waals surface area contributed by atoms with Crippen LogP contribution in [-0.4, -0.2) is 47.8 Å². The topological polar surface area (TPSA) is 40.6 Å². The lowest BCUT2D eigenvalue weighted by molar-refractivity contribution is -0.138. The number of hydrogen-bond acceptors (Lipinski definition) is 2. The number of carbonyl (C=O) groups is 2. The molecule has 0 aromatic heterocycles. The van der Waals surface area contributed by atoms with Crippen molar-refractivity contribution in [3.8, 4) is 0 Å². The molecule has 1 aliphatic heterocycles. The van der Waals surface area contributed by atoms with E-state index >= 15 is 0 Å². The number of rotatable bonds is 4. The van der Waals surface area contributed by atoms with Gasteiger partial charge in [0.15, 0.2) is 0 Å². The maximum Gasteiger partial charge on any atom is 0.246 e. The minimum atomic E-state index is -0.0411. The van der Waals surface area contributed by atoms with Gasteiger partial charge in [-0.05, 0) is 35.6 Å². The molecule has 2 fully saturated rings. The van der Waals surface area contributed by atoms with E-state index in [1.807, 2.05) is 41.3 Å². The first kappa shape index (κ1) is 18.8. The van der Waals surface area contributed by atoms with Gasteiger partial charge in [-0.2, -0.15) is 0 Å². The molecule has 28 heavy (non-hydrogen) atoms. The number of amides is 2. The van der Waals surface area contributed by atoms with Crippen molar-refractivity contribution in [1.82, 2.24) is 9.80 Å². The molecule has 1 aliphatic carbocycles. The minimum absolute atomic E-state index is 0.0411. The molecule has 144 valence electrons. The van der Waals surface area contributed by atoms with Gasteiger partial charge in [0.2, 0.25) is 11.8 Å². The first-order valence-electron chi connectivity index (χ1n) is 9.69. The van der Waals surface area contributed by atoms with Crippen LogP contribution in [0.4, 0.5) is 0 Å². The summed E-state index contributed by atoms with van der Waals surface area (Å²) >= 11 is 6.12. The summed E-state index contributed by atoms with van der Waals surface area (Å²) in [5.74, 6) is 0.643. The highest BCUT2D eigenvalue weighted by molar-refractivity contribution is 6.32. The van der Waals surface area contributed by atoms with Gasteiger partial charge in [-0.3, -0.25) is 9.59 Å². The maximum absolute atomic E-state index is 12.8. The van der Waals surface area contributed by atoms with Crippen LogP contribution in [0.2, 0.25) is 5.02 Å². The largest absolute Gasteiger partial charge is 0.339 e. The van der Waals surface area contributed by atoms with E-state index in [9.17, 15) is 9.59 Å². The number of carbonyl (C=O) groups excluding carboxylic acids is 2. The first-order valence-corrected chi connectivity index (χ1v) is 10.1. The second kappa shape index (κ2) is 8.19. The average Bonchev–Trinajstić information content (AvgIpc) is 3.54. The fraction of sp³-hybridized carbons (Fsp3) is 0.304. The normalized spacial score (nSPS) is 21.8. The first-order chi connectivity index (χ1) is 13.6. The van der Waals surface area contributed by atoms with Crippen molar-refractivity contribution in [2.75, 3.05) is 26.2 Å². The van der Waals surface area contributed by atoms with E-state index in [2.05, 4.69) is 12.1 Å². The van der Waals surface area contributed by atoms with Gasteiger partial charge in [0.1, 0.15) is 0 Å². The monoisotopic (exact) mass is 394 g/mol. The lowest BCUT2D eigenvalue weighted by atomic mass is 10.1. The van der Waals surface area contributed by atoms with E-state index in [1.54, 1.807) is 23.1 Å². The Hall–Kier alpha value is -2.59. The summed E-state index contributed by atoms with van der Waals surface area (Å²) in [7, 11) is 0. The van der Waals surface area contributed by atoms with E-state index in [-0.39, 0.29) is 17.7 Å². The summed E-state index contributed by atoms with van der Waals surface area (Å²) < 4.78 is 0. The number of halogens is 1. The SMILES string of the molecule is O=C(/C=C/c1ccccc1Cl)N1CCN(C(=O)[C@@H]2C[C@@H]2c2ccccc2)CC1. The summed E-state index contributed by atoms with van der Waals surface area (Å²) in [5.41, 5.74) is 2.08. The van der Waals surface area contributed by atoms with Crippen molar-refractivity contribution in [2.24, 2.45) is 5.92 Å². The van der Waals surface area contributed by atoms with E-state index in [0.717, 1.165) is 12.0 Å². The third-order valence-electron chi connectivity index (χ3n) is 5.55. The molecule has 1 saturated heterocycles. The van der Waals surface area contributed by atoms with Gasteiger partial charge in [-0.1, -0.05) is 60.1 Å². The predicted octanol–water partition coefficient (Wildman–Crippen LogP) is 3.83. The summed E-state index contributed by atoms with van der Waals surface area (Å²) in [4.78, 5) is 28.9. The molecule has 2 atom stereocenters. The Kier molecular flexibility index (Phi) is 5.49. The Morgan fingerprint density at radius 3 is 2.25 bits per heavy atom. The zero-order chi connectivity index (χ0) is 19.5. The molecular weight excluding hydrogens is 372 g/mol. The summed E-state index contributed by atoms with van der Waals surface area (Å²) in [6.07, 6.45) is 4.24. The number of nitrogens with zero attached hydrogens (tertiary/aromatic N) is 2. The van der Waals surface area contributed by atoms with E-state index in [1.165, 1.54) is 5.56 Å². The Morgan fingerprint density at radius 2 is 1.54 bits per heavy atom. The lowest BCUT2D eigenvalue weighted by Gasteiger charge is -2.34. The van der Waals surface area contributed by atoms with Crippen LogP contribution in [0.1, 0.15) is 23.5 Å². The fourth-order valence-corrected chi connectivity index (χ4v) is 3.99. The average molecular weight is 395 g/mol. The van der Waals surface area contributed by atoms with Gasteiger partial charge < -0.3 is 9.80 Å². The maximum atomic E-state index is 12.8. The molecule has 0 bridgehead atoms. The van der Waals surface area contributed by atoms with Gasteiger partial charge in [-0.25, -0.2) is 0 Å². The van der Waals surface area contributed by atoms with E-state index in [0.29, 0.717) is 37.1 Å². The zero-order valence-electron chi connectivity index (χ0n) is 15.6. The molecule has 2 aromatic carbocycles.